The second-order valence-corrected chi connectivity index (χ2v) is 18.3. The van der Waals surface area contributed by atoms with Crippen molar-refractivity contribution in [3.05, 3.63) is 95.6 Å². The molecule has 0 bridgehead atoms. The number of nitrogens with zero attached hydrogens (tertiary/aromatic N) is 4. The first-order chi connectivity index (χ1) is 23.5. The van der Waals surface area contributed by atoms with E-state index in [0.29, 0.717) is 25.1 Å². The van der Waals surface area contributed by atoms with E-state index in [1.54, 1.807) is 9.80 Å². The summed E-state index contributed by atoms with van der Waals surface area (Å²) < 4.78 is 6.86. The maximum absolute atomic E-state index is 14.8. The third-order valence-electron chi connectivity index (χ3n) is 10.8. The lowest BCUT2D eigenvalue weighted by molar-refractivity contribution is -0.150. The van der Waals surface area contributed by atoms with Crippen LogP contribution in [-0.2, 0) is 31.3 Å². The Hall–Kier alpha value is -4.16. The molecule has 5 atom stereocenters. The molecule has 10 nitrogen and oxygen atoms in total. The smallest absolute Gasteiger partial charge is 0.264 e. The Morgan fingerprint density at radius 1 is 1.02 bits per heavy atom. The van der Waals surface area contributed by atoms with E-state index < -0.39 is 25.9 Å². The number of hydrogen-bond acceptors (Lipinski definition) is 7. The van der Waals surface area contributed by atoms with Crippen molar-refractivity contribution < 1.29 is 29.0 Å². The number of aliphatic hydroxyl groups excluding tert-OH is 1. The number of hydrazone groups is 1. The maximum Gasteiger partial charge on any atom is 0.264 e. The Balaban J connectivity index is 1.19. The summed E-state index contributed by atoms with van der Waals surface area (Å²) in [5, 5.41) is 16.1. The van der Waals surface area contributed by atoms with Crippen LogP contribution in [0.25, 0.3) is 0 Å². The number of benzene rings is 3. The first-order valence-electron chi connectivity index (χ1n) is 17.3. The van der Waals surface area contributed by atoms with E-state index in [9.17, 15) is 24.3 Å². The minimum Gasteiger partial charge on any atom is -0.432 e. The van der Waals surface area contributed by atoms with Gasteiger partial charge in [0.15, 0.2) is 13.9 Å². The fourth-order valence-electron chi connectivity index (χ4n) is 8.59. The normalized spacial score (nSPS) is 26.9. The molecule has 2 N–H and O–H groups in total. The molecule has 0 aliphatic carbocycles. The van der Waals surface area contributed by atoms with Gasteiger partial charge in [-0.2, -0.15) is 5.10 Å². The average Bonchev–Trinajstić information content (AvgIpc) is 3.76. The van der Waals surface area contributed by atoms with Gasteiger partial charge >= 0.3 is 0 Å². The zero-order chi connectivity index (χ0) is 34.5. The van der Waals surface area contributed by atoms with Crippen molar-refractivity contribution in [2.75, 3.05) is 23.1 Å². The molecule has 11 heteroatoms. The van der Waals surface area contributed by atoms with Crippen molar-refractivity contribution in [1.82, 2.24) is 4.90 Å². The van der Waals surface area contributed by atoms with E-state index in [-0.39, 0.29) is 48.9 Å². The van der Waals surface area contributed by atoms with Crippen molar-refractivity contribution in [3.63, 3.8) is 0 Å². The van der Waals surface area contributed by atoms with E-state index in [4.69, 9.17) is 9.84 Å². The van der Waals surface area contributed by atoms with Gasteiger partial charge in [0, 0.05) is 36.4 Å². The van der Waals surface area contributed by atoms with E-state index in [0.717, 1.165) is 40.9 Å². The number of para-hydroxylation sites is 1. The standard InChI is InChI=1S/C38H44N4O6Si/c1-25-36(49(2,3)47)33(22-35(45)40-20-10-15-29(40)24-43)48-38(25)30-16-7-8-17-32(30)41(37(38)46)23-26-11-9-14-28(21-26)42-34(44)19-18-31(39-42)27-12-5-4-6-13-27/h4-9,11-14,16-17,21,25,29,33,36,43,47H,10,15,18-20,22-24H2,1-3H3/t25-,29+,33+,36-,38+/m1/s1. The lowest BCUT2D eigenvalue weighted by Gasteiger charge is -2.32. The summed E-state index contributed by atoms with van der Waals surface area (Å²) >= 11 is 0. The highest BCUT2D eigenvalue weighted by Gasteiger charge is 2.66. The summed E-state index contributed by atoms with van der Waals surface area (Å²) in [7, 11) is -2.95. The van der Waals surface area contributed by atoms with Crippen molar-refractivity contribution in [1.29, 1.82) is 0 Å². The maximum atomic E-state index is 14.8. The molecule has 7 rings (SSSR count). The molecule has 256 valence electrons. The topological polar surface area (TPSA) is 123 Å². The van der Waals surface area contributed by atoms with Crippen LogP contribution >= 0.6 is 0 Å². The van der Waals surface area contributed by atoms with E-state index in [2.05, 4.69) is 0 Å². The van der Waals surface area contributed by atoms with Gasteiger partial charge in [0.2, 0.25) is 11.8 Å². The SMILES string of the molecule is C[C@@H]1[C@@H]([Si](C)(C)O)[C@H](CC(=O)N2CCC[C@H]2CO)O[C@@]12C(=O)N(Cc1cccc(N3N=C(c4ccccc4)CCC3=O)c1)c1ccccc12. The monoisotopic (exact) mass is 680 g/mol. The van der Waals surface area contributed by atoms with Gasteiger partial charge in [0.25, 0.3) is 5.91 Å². The van der Waals surface area contributed by atoms with Gasteiger partial charge in [-0.3, -0.25) is 14.4 Å². The zero-order valence-electron chi connectivity index (χ0n) is 28.3. The molecular weight excluding hydrogens is 637 g/mol. The molecule has 2 saturated heterocycles. The van der Waals surface area contributed by atoms with Crippen LogP contribution in [0.2, 0.25) is 18.6 Å². The predicted molar refractivity (Wildman–Crippen MR) is 189 cm³/mol. The van der Waals surface area contributed by atoms with Crippen LogP contribution in [0, 0.1) is 5.92 Å². The Labute approximate surface area is 288 Å². The molecule has 4 heterocycles. The van der Waals surface area contributed by atoms with Gasteiger partial charge in [0.05, 0.1) is 48.8 Å². The highest BCUT2D eigenvalue weighted by molar-refractivity contribution is 6.71. The number of amides is 3. The molecule has 4 aliphatic rings. The number of rotatable bonds is 8. The van der Waals surface area contributed by atoms with Crippen molar-refractivity contribution in [2.45, 2.75) is 82.0 Å². The molecule has 2 fully saturated rings. The molecular formula is C38H44N4O6Si. The Kier molecular flexibility index (Phi) is 8.81. The van der Waals surface area contributed by atoms with Gasteiger partial charge in [0.1, 0.15) is 0 Å². The number of likely N-dealkylation sites (tertiary alicyclic amines) is 1. The molecule has 3 amide bonds. The molecule has 1 spiro atoms. The zero-order valence-corrected chi connectivity index (χ0v) is 29.3. The second-order valence-electron chi connectivity index (χ2n) is 14.3. The minimum absolute atomic E-state index is 0.0388. The van der Waals surface area contributed by atoms with E-state index >= 15 is 0 Å². The lowest BCUT2D eigenvalue weighted by Crippen LogP contribution is -2.46. The quantitative estimate of drug-likeness (QED) is 0.325. The molecule has 3 aromatic carbocycles. The highest BCUT2D eigenvalue weighted by atomic mass is 28.4. The average molecular weight is 681 g/mol. The summed E-state index contributed by atoms with van der Waals surface area (Å²) in [6, 6.07) is 24.8. The van der Waals surface area contributed by atoms with Crippen LogP contribution in [-0.4, -0.2) is 71.9 Å². The summed E-state index contributed by atoms with van der Waals surface area (Å²) in [6.07, 6.45) is 1.89. The van der Waals surface area contributed by atoms with Crippen molar-refractivity contribution in [3.8, 4) is 0 Å². The molecule has 0 radical (unpaired) electrons. The second kappa shape index (κ2) is 12.9. The van der Waals surface area contributed by atoms with Gasteiger partial charge in [-0.15, -0.1) is 0 Å². The van der Waals surface area contributed by atoms with Gasteiger partial charge < -0.3 is 24.4 Å². The van der Waals surface area contributed by atoms with Crippen molar-refractivity contribution >= 4 is 43.1 Å². The van der Waals surface area contributed by atoms with E-state index in [1.807, 2.05) is 98.9 Å². The van der Waals surface area contributed by atoms with Gasteiger partial charge in [-0.1, -0.05) is 67.6 Å². The van der Waals surface area contributed by atoms with Crippen LogP contribution in [0.15, 0.2) is 84.0 Å². The molecule has 49 heavy (non-hydrogen) atoms. The number of fused-ring (bicyclic) bond motifs is 2. The molecule has 0 saturated carbocycles. The summed E-state index contributed by atoms with van der Waals surface area (Å²) in [5.74, 6) is -0.830. The number of carbonyl (C=O) groups excluding carboxylic acids is 3. The van der Waals surface area contributed by atoms with Gasteiger partial charge in [-0.25, -0.2) is 5.01 Å². The highest BCUT2D eigenvalue weighted by Crippen LogP contribution is 2.59. The fraction of sp³-hybridized carbons (Fsp3) is 0.421. The summed E-state index contributed by atoms with van der Waals surface area (Å²) in [4.78, 5) is 56.6. The molecule has 4 aliphatic heterocycles. The summed E-state index contributed by atoms with van der Waals surface area (Å²) in [6.45, 7) is 6.40. The Morgan fingerprint density at radius 3 is 2.53 bits per heavy atom. The third kappa shape index (κ3) is 5.82. The number of hydrogen-bond donors (Lipinski definition) is 2. The molecule has 0 aromatic heterocycles. The largest absolute Gasteiger partial charge is 0.432 e. The molecule has 3 aromatic rings. The third-order valence-corrected chi connectivity index (χ3v) is 13.3. The Morgan fingerprint density at radius 2 is 1.78 bits per heavy atom. The number of carbonyl (C=O) groups is 3. The van der Waals surface area contributed by atoms with Gasteiger partial charge in [-0.05, 0) is 55.3 Å². The molecule has 0 unspecified atom stereocenters. The number of aliphatic hydroxyl groups is 1. The lowest BCUT2D eigenvalue weighted by atomic mass is 9.82. The van der Waals surface area contributed by atoms with Crippen LogP contribution in [0.3, 0.4) is 0 Å². The first-order valence-corrected chi connectivity index (χ1v) is 20.3. The van der Waals surface area contributed by atoms with Crippen LogP contribution in [0.5, 0.6) is 0 Å². The van der Waals surface area contributed by atoms with E-state index in [1.165, 1.54) is 5.01 Å². The number of ether oxygens (including phenoxy) is 1. The van der Waals surface area contributed by atoms with Crippen LogP contribution in [0.4, 0.5) is 11.4 Å². The van der Waals surface area contributed by atoms with Crippen LogP contribution in [0.1, 0.15) is 55.7 Å². The summed E-state index contributed by atoms with van der Waals surface area (Å²) in [5.41, 5.74) is 2.99. The fourth-order valence-corrected chi connectivity index (χ4v) is 11.1. The Bertz CT molecular complexity index is 1790. The predicted octanol–water partition coefficient (Wildman–Crippen LogP) is 4.94. The van der Waals surface area contributed by atoms with Crippen molar-refractivity contribution in [2.24, 2.45) is 11.0 Å². The minimum atomic E-state index is -2.95. The number of anilines is 2. The van der Waals surface area contributed by atoms with Crippen LogP contribution < -0.4 is 9.91 Å². The first kappa shape index (κ1) is 33.3.